The number of amides is 1. The number of carbonyl (C=O) groups is 2. The minimum absolute atomic E-state index is 1.10. The zero-order valence-electron chi connectivity index (χ0n) is 6.71. The van der Waals surface area contributed by atoms with Crippen molar-refractivity contribution >= 4 is 22.3 Å². The highest BCUT2D eigenvalue weighted by molar-refractivity contribution is 7.81. The van der Waals surface area contributed by atoms with Gasteiger partial charge in [0.1, 0.15) is 0 Å². The van der Waals surface area contributed by atoms with Crippen LogP contribution in [0, 0.1) is 0 Å². The van der Waals surface area contributed by atoms with Crippen molar-refractivity contribution in [1.29, 1.82) is 0 Å². The lowest BCUT2D eigenvalue weighted by atomic mass is 10.1. The number of hydrogen-bond acceptors (Lipinski definition) is 6. The van der Waals surface area contributed by atoms with Crippen LogP contribution in [0.5, 0.6) is 0 Å². The molecule has 0 aromatic rings. The number of carboxylic acid groups (broad SMARTS) is 1. The number of hydrogen-bond donors (Lipinski definition) is 4. The van der Waals surface area contributed by atoms with Crippen molar-refractivity contribution in [3.8, 4) is 0 Å². The van der Waals surface area contributed by atoms with Gasteiger partial charge in [-0.05, 0) is 0 Å². The van der Waals surface area contributed by atoms with Gasteiger partial charge in [-0.1, -0.05) is 0 Å². The first-order chi connectivity index (χ1) is 6.07. The van der Waals surface area contributed by atoms with Crippen LogP contribution in [0.4, 0.5) is 0 Å². The summed E-state index contributed by atoms with van der Waals surface area (Å²) in [5, 5.41) is 8.41. The largest absolute Gasteiger partial charge is 0.478 e. The van der Waals surface area contributed by atoms with Crippen molar-refractivity contribution in [2.75, 3.05) is 0 Å². The van der Waals surface area contributed by atoms with Crippen LogP contribution in [-0.4, -0.2) is 35.7 Å². The first-order valence-electron chi connectivity index (χ1n) is 3.05. The molecule has 0 aliphatic heterocycles. The summed E-state index contributed by atoms with van der Waals surface area (Å²) >= 11 is 0. The van der Waals surface area contributed by atoms with Gasteiger partial charge in [-0.15, -0.1) is 0 Å². The molecule has 0 radical (unpaired) electrons. The Bertz CT molecular complexity index is 349. The van der Waals surface area contributed by atoms with E-state index in [1.54, 1.807) is 0 Å². The first kappa shape index (κ1) is 12.8. The summed E-state index contributed by atoms with van der Waals surface area (Å²) in [6.07, 6.45) is -1.10. The van der Waals surface area contributed by atoms with Crippen LogP contribution in [0.15, 0.2) is 0 Å². The van der Waals surface area contributed by atoms with Gasteiger partial charge in [0.25, 0.3) is 0 Å². The minimum Gasteiger partial charge on any atom is -0.478 e. The molecule has 0 heterocycles. The number of aliphatic carboxylic acids is 1. The normalized spacial score (nSPS) is 15.9. The summed E-state index contributed by atoms with van der Waals surface area (Å²) in [5.41, 5.74) is 6.57. The van der Waals surface area contributed by atoms with E-state index in [-0.39, 0.29) is 0 Å². The van der Waals surface area contributed by atoms with E-state index in [1.807, 2.05) is 0 Å². The maximum atomic E-state index is 10.4. The van der Waals surface area contributed by atoms with Gasteiger partial charge in [0.15, 0.2) is 0 Å². The molecule has 0 aliphatic rings. The van der Waals surface area contributed by atoms with Crippen LogP contribution in [0.1, 0.15) is 6.42 Å². The van der Waals surface area contributed by atoms with Gasteiger partial charge in [0, 0.05) is 0 Å². The van der Waals surface area contributed by atoms with E-state index < -0.39 is 34.4 Å². The van der Waals surface area contributed by atoms with Gasteiger partial charge in [-0.25, -0.2) is 8.98 Å². The molecular weight excluding hydrogens is 220 g/mol. The predicted molar refractivity (Wildman–Crippen MR) is 41.0 cm³/mol. The van der Waals surface area contributed by atoms with E-state index >= 15 is 0 Å². The van der Waals surface area contributed by atoms with Crippen molar-refractivity contribution in [3.05, 3.63) is 0 Å². The van der Waals surface area contributed by atoms with E-state index in [1.165, 1.54) is 0 Å². The van der Waals surface area contributed by atoms with Gasteiger partial charge in [-0.3, -0.25) is 15.1 Å². The van der Waals surface area contributed by atoms with Crippen molar-refractivity contribution < 1.29 is 31.8 Å². The Hall–Kier alpha value is -1.23. The number of carboxylic acids is 1. The highest BCUT2D eigenvalue weighted by Crippen LogP contribution is 2.11. The van der Waals surface area contributed by atoms with Crippen molar-refractivity contribution in [2.45, 2.75) is 12.1 Å². The molecule has 0 saturated heterocycles. The fourth-order valence-electron chi connectivity index (χ4n) is 0.587. The van der Waals surface area contributed by atoms with Crippen LogP contribution in [-0.2, 0) is 24.2 Å². The zero-order chi connectivity index (χ0) is 11.6. The number of primary amides is 1. The van der Waals surface area contributed by atoms with E-state index in [4.69, 9.17) is 15.4 Å². The Balaban J connectivity index is 4.92. The number of rotatable bonds is 5. The van der Waals surface area contributed by atoms with Crippen LogP contribution >= 0.6 is 0 Å². The SMILES string of the molecule is NC(=O)C[C@@](N)(OS(=O)(=O)O)C(=O)O. The van der Waals surface area contributed by atoms with Crippen LogP contribution in [0.2, 0.25) is 0 Å². The third-order valence-electron chi connectivity index (χ3n) is 1.05. The van der Waals surface area contributed by atoms with Crippen molar-refractivity contribution in [2.24, 2.45) is 11.5 Å². The van der Waals surface area contributed by atoms with Crippen molar-refractivity contribution in [3.63, 3.8) is 0 Å². The topological polar surface area (TPSA) is 170 Å². The quantitative estimate of drug-likeness (QED) is 0.293. The smallest absolute Gasteiger partial charge is 0.399 e. The Morgan fingerprint density at radius 3 is 2.07 bits per heavy atom. The summed E-state index contributed by atoms with van der Waals surface area (Å²) in [6, 6.07) is 0. The molecule has 0 aliphatic carbocycles. The summed E-state index contributed by atoms with van der Waals surface area (Å²) in [7, 11) is -5.09. The lowest BCUT2D eigenvalue weighted by Gasteiger charge is -2.20. The minimum atomic E-state index is -5.09. The van der Waals surface area contributed by atoms with Crippen LogP contribution in [0.3, 0.4) is 0 Å². The lowest BCUT2D eigenvalue weighted by molar-refractivity contribution is -0.157. The molecule has 14 heavy (non-hydrogen) atoms. The monoisotopic (exact) mass is 228 g/mol. The summed E-state index contributed by atoms with van der Waals surface area (Å²) < 4.78 is 32.1. The molecular formula is C4H8N2O7S. The lowest BCUT2D eigenvalue weighted by Crippen LogP contribution is -2.53. The Morgan fingerprint density at radius 2 is 1.86 bits per heavy atom. The second kappa shape index (κ2) is 3.88. The van der Waals surface area contributed by atoms with E-state index in [2.05, 4.69) is 9.92 Å². The molecule has 0 fully saturated rings. The fraction of sp³-hybridized carbons (Fsp3) is 0.500. The Morgan fingerprint density at radius 1 is 1.43 bits per heavy atom. The predicted octanol–water partition coefficient (Wildman–Crippen LogP) is -2.58. The van der Waals surface area contributed by atoms with Gasteiger partial charge in [0.05, 0.1) is 6.42 Å². The molecule has 0 bridgehead atoms. The standard InChI is InChI=1S/C4H8N2O7S/c5-2(7)1-4(6,3(8)9)13-14(10,11)12/h1,6H2,(H2,5,7)(H,8,9)(H,10,11,12)/t4-/m1/s1. The Kier molecular flexibility index (Phi) is 3.53. The second-order valence-electron chi connectivity index (χ2n) is 2.35. The second-order valence-corrected chi connectivity index (χ2v) is 3.37. The molecule has 6 N–H and O–H groups in total. The summed E-state index contributed by atoms with van der Waals surface area (Å²) in [5.74, 6) is -3.15. The average Bonchev–Trinajstić information content (AvgIpc) is 1.79. The molecule has 10 heteroatoms. The molecule has 0 aromatic heterocycles. The van der Waals surface area contributed by atoms with Gasteiger partial charge in [-0.2, -0.15) is 8.42 Å². The first-order valence-corrected chi connectivity index (χ1v) is 4.42. The Labute approximate surface area is 78.6 Å². The van der Waals surface area contributed by atoms with Crippen LogP contribution < -0.4 is 11.5 Å². The van der Waals surface area contributed by atoms with E-state index in [9.17, 15) is 18.0 Å². The molecule has 0 rings (SSSR count). The van der Waals surface area contributed by atoms with E-state index in [0.29, 0.717) is 0 Å². The third-order valence-corrected chi connectivity index (χ3v) is 1.56. The van der Waals surface area contributed by atoms with E-state index in [0.717, 1.165) is 0 Å². The molecule has 0 aromatic carbocycles. The maximum absolute atomic E-state index is 10.4. The maximum Gasteiger partial charge on any atom is 0.399 e. The van der Waals surface area contributed by atoms with Crippen molar-refractivity contribution in [1.82, 2.24) is 0 Å². The third kappa shape index (κ3) is 4.13. The fourth-order valence-corrected chi connectivity index (χ4v) is 1.09. The summed E-state index contributed by atoms with van der Waals surface area (Å²) in [4.78, 5) is 20.7. The molecule has 82 valence electrons. The molecule has 1 amide bonds. The average molecular weight is 228 g/mol. The van der Waals surface area contributed by atoms with Gasteiger partial charge >= 0.3 is 16.4 Å². The zero-order valence-corrected chi connectivity index (χ0v) is 7.52. The molecule has 9 nitrogen and oxygen atoms in total. The highest BCUT2D eigenvalue weighted by atomic mass is 32.3. The molecule has 0 spiro atoms. The number of nitrogens with two attached hydrogens (primary N) is 2. The molecule has 1 atom stereocenters. The summed E-state index contributed by atoms with van der Waals surface area (Å²) in [6.45, 7) is 0. The van der Waals surface area contributed by atoms with Gasteiger partial charge < -0.3 is 10.8 Å². The molecule has 0 saturated carbocycles. The van der Waals surface area contributed by atoms with Crippen LogP contribution in [0.25, 0.3) is 0 Å². The molecule has 0 unspecified atom stereocenters. The highest BCUT2D eigenvalue weighted by Gasteiger charge is 2.41. The number of carbonyl (C=O) groups excluding carboxylic acids is 1. The van der Waals surface area contributed by atoms with Gasteiger partial charge in [0.2, 0.25) is 11.6 Å².